The lowest BCUT2D eigenvalue weighted by Crippen LogP contribution is -2.21. The van der Waals surface area contributed by atoms with E-state index in [9.17, 15) is 9.59 Å². The lowest BCUT2D eigenvalue weighted by molar-refractivity contribution is -0.119. The molecule has 0 bridgehead atoms. The van der Waals surface area contributed by atoms with Gasteiger partial charge in [0.2, 0.25) is 0 Å². The number of rotatable bonds is 4. The van der Waals surface area contributed by atoms with Gasteiger partial charge in [0.05, 0.1) is 20.6 Å². The molecule has 0 aliphatic rings. The van der Waals surface area contributed by atoms with Crippen LogP contribution in [0.3, 0.4) is 0 Å². The Morgan fingerprint density at radius 3 is 2.30 bits per heavy atom. The Morgan fingerprint density at radius 1 is 0.913 bits per heavy atom. The van der Waals surface area contributed by atoms with Gasteiger partial charge in [-0.1, -0.05) is 46.4 Å². The second-order valence-electron chi connectivity index (χ2n) is 4.38. The van der Waals surface area contributed by atoms with Gasteiger partial charge in [0, 0.05) is 10.7 Å². The molecule has 0 saturated heterocycles. The van der Waals surface area contributed by atoms with Crippen LogP contribution in [0.4, 0.5) is 5.69 Å². The number of hydrogen-bond donors (Lipinski definition) is 1. The molecule has 2 rings (SSSR count). The quantitative estimate of drug-likeness (QED) is 0.736. The first-order valence-electron chi connectivity index (χ1n) is 6.24. The van der Waals surface area contributed by atoms with Crippen LogP contribution in [0.1, 0.15) is 10.4 Å². The standard InChI is InChI=1S/C15H9Cl4NO3/c16-8-1-3-11(17)10(5-8)15(22)23-7-14(21)20-9-2-4-12(18)13(19)6-9/h1-6H,7H2,(H,20,21). The largest absolute Gasteiger partial charge is 0.452 e. The number of halogens is 4. The molecule has 8 heteroatoms. The third-order valence-corrected chi connectivity index (χ3v) is 3.99. The Bertz CT molecular complexity index is 764. The summed E-state index contributed by atoms with van der Waals surface area (Å²) in [5.74, 6) is -1.28. The fourth-order valence-electron chi connectivity index (χ4n) is 1.63. The number of hydrogen-bond acceptors (Lipinski definition) is 3. The molecule has 1 amide bonds. The van der Waals surface area contributed by atoms with Crippen molar-refractivity contribution >= 4 is 64.0 Å². The van der Waals surface area contributed by atoms with E-state index in [0.717, 1.165) is 0 Å². The van der Waals surface area contributed by atoms with Crippen LogP contribution < -0.4 is 5.32 Å². The van der Waals surface area contributed by atoms with Gasteiger partial charge in [0.25, 0.3) is 5.91 Å². The Hall–Kier alpha value is -1.46. The maximum atomic E-state index is 11.9. The summed E-state index contributed by atoms with van der Waals surface area (Å²) in [5.41, 5.74) is 0.516. The summed E-state index contributed by atoms with van der Waals surface area (Å²) in [6, 6.07) is 8.97. The van der Waals surface area contributed by atoms with Gasteiger partial charge in [-0.05, 0) is 36.4 Å². The van der Waals surface area contributed by atoms with Crippen LogP contribution in [0.2, 0.25) is 20.1 Å². The molecule has 0 unspecified atom stereocenters. The van der Waals surface area contributed by atoms with Crippen LogP contribution in [0, 0.1) is 0 Å². The molecule has 0 heterocycles. The van der Waals surface area contributed by atoms with Crippen molar-refractivity contribution in [2.24, 2.45) is 0 Å². The van der Waals surface area contributed by atoms with Crippen LogP contribution in [0.15, 0.2) is 36.4 Å². The lowest BCUT2D eigenvalue weighted by atomic mass is 10.2. The first kappa shape index (κ1) is 17.9. The zero-order chi connectivity index (χ0) is 17.0. The molecule has 4 nitrogen and oxygen atoms in total. The Labute approximate surface area is 152 Å². The first-order chi connectivity index (χ1) is 10.9. The minimum atomic E-state index is -0.748. The van der Waals surface area contributed by atoms with E-state index in [0.29, 0.717) is 20.8 Å². The number of anilines is 1. The first-order valence-corrected chi connectivity index (χ1v) is 7.75. The van der Waals surface area contributed by atoms with Gasteiger partial charge < -0.3 is 10.1 Å². The fraction of sp³-hybridized carbons (Fsp3) is 0.0667. The number of ether oxygens (including phenoxy) is 1. The summed E-state index contributed by atoms with van der Waals surface area (Å²) < 4.78 is 4.90. The van der Waals surface area contributed by atoms with Crippen molar-refractivity contribution in [3.63, 3.8) is 0 Å². The molecule has 2 aromatic carbocycles. The SMILES string of the molecule is O=C(COC(=O)c1cc(Cl)ccc1Cl)Nc1ccc(Cl)c(Cl)c1. The number of carbonyl (C=O) groups excluding carboxylic acids is 2. The highest BCUT2D eigenvalue weighted by atomic mass is 35.5. The van der Waals surface area contributed by atoms with Crippen molar-refractivity contribution in [3.8, 4) is 0 Å². The topological polar surface area (TPSA) is 55.4 Å². The molecule has 2 aromatic rings. The molecular weight excluding hydrogens is 384 g/mol. The summed E-state index contributed by atoms with van der Waals surface area (Å²) in [7, 11) is 0. The minimum Gasteiger partial charge on any atom is -0.452 e. The molecule has 0 aliphatic carbocycles. The molecule has 0 aliphatic heterocycles. The van der Waals surface area contributed by atoms with Crippen LogP contribution in [-0.2, 0) is 9.53 Å². The van der Waals surface area contributed by atoms with E-state index in [-0.39, 0.29) is 10.6 Å². The number of esters is 1. The monoisotopic (exact) mass is 391 g/mol. The van der Waals surface area contributed by atoms with E-state index in [1.165, 1.54) is 30.3 Å². The van der Waals surface area contributed by atoms with Gasteiger partial charge in [0.15, 0.2) is 6.61 Å². The molecule has 0 aromatic heterocycles. The van der Waals surface area contributed by atoms with Gasteiger partial charge in [-0.3, -0.25) is 4.79 Å². The highest BCUT2D eigenvalue weighted by molar-refractivity contribution is 6.42. The summed E-state index contributed by atoms with van der Waals surface area (Å²) in [4.78, 5) is 23.7. The Balaban J connectivity index is 1.94. The zero-order valence-electron chi connectivity index (χ0n) is 11.4. The maximum absolute atomic E-state index is 11.9. The average molecular weight is 393 g/mol. The minimum absolute atomic E-state index is 0.0847. The predicted molar refractivity (Wildman–Crippen MR) is 91.8 cm³/mol. The summed E-state index contributed by atoms with van der Waals surface area (Å²) in [6.45, 7) is -0.484. The van der Waals surface area contributed by atoms with Crippen LogP contribution in [0.5, 0.6) is 0 Å². The molecule has 0 spiro atoms. The smallest absolute Gasteiger partial charge is 0.340 e. The fourth-order valence-corrected chi connectivity index (χ4v) is 2.30. The number of carbonyl (C=O) groups is 2. The van der Waals surface area contributed by atoms with E-state index in [1.54, 1.807) is 6.07 Å². The van der Waals surface area contributed by atoms with Crippen LogP contribution in [-0.4, -0.2) is 18.5 Å². The average Bonchev–Trinajstić information content (AvgIpc) is 2.51. The lowest BCUT2D eigenvalue weighted by Gasteiger charge is -2.08. The van der Waals surface area contributed by atoms with Crippen molar-refractivity contribution in [3.05, 3.63) is 62.1 Å². The van der Waals surface area contributed by atoms with Gasteiger partial charge in [-0.25, -0.2) is 4.79 Å². The summed E-state index contributed by atoms with van der Waals surface area (Å²) in [5, 5.41) is 3.71. The Kier molecular flexibility index (Phi) is 6.13. The third kappa shape index (κ3) is 5.01. The third-order valence-electron chi connectivity index (χ3n) is 2.69. The molecule has 0 radical (unpaired) electrons. The molecule has 120 valence electrons. The van der Waals surface area contributed by atoms with Gasteiger partial charge >= 0.3 is 5.97 Å². The molecular formula is C15H9Cl4NO3. The van der Waals surface area contributed by atoms with E-state index >= 15 is 0 Å². The highest BCUT2D eigenvalue weighted by Crippen LogP contribution is 2.25. The van der Waals surface area contributed by atoms with E-state index in [4.69, 9.17) is 51.1 Å². The van der Waals surface area contributed by atoms with E-state index in [2.05, 4.69) is 5.32 Å². The van der Waals surface area contributed by atoms with E-state index in [1.807, 2.05) is 0 Å². The molecule has 23 heavy (non-hydrogen) atoms. The number of benzene rings is 2. The van der Waals surface area contributed by atoms with Crippen molar-refractivity contribution in [2.75, 3.05) is 11.9 Å². The summed E-state index contributed by atoms with van der Waals surface area (Å²) in [6.07, 6.45) is 0. The van der Waals surface area contributed by atoms with Gasteiger partial charge in [0.1, 0.15) is 0 Å². The molecule has 0 saturated carbocycles. The van der Waals surface area contributed by atoms with Gasteiger partial charge in [-0.2, -0.15) is 0 Å². The van der Waals surface area contributed by atoms with Crippen molar-refractivity contribution in [1.29, 1.82) is 0 Å². The summed E-state index contributed by atoms with van der Waals surface area (Å²) >= 11 is 23.3. The maximum Gasteiger partial charge on any atom is 0.340 e. The predicted octanol–water partition coefficient (Wildman–Crippen LogP) is 5.10. The zero-order valence-corrected chi connectivity index (χ0v) is 14.4. The molecule has 0 atom stereocenters. The Morgan fingerprint density at radius 2 is 1.61 bits per heavy atom. The highest BCUT2D eigenvalue weighted by Gasteiger charge is 2.14. The van der Waals surface area contributed by atoms with Gasteiger partial charge in [-0.15, -0.1) is 0 Å². The van der Waals surface area contributed by atoms with Crippen molar-refractivity contribution in [1.82, 2.24) is 0 Å². The normalized spacial score (nSPS) is 10.3. The van der Waals surface area contributed by atoms with Crippen LogP contribution >= 0.6 is 46.4 Å². The molecule has 1 N–H and O–H groups in total. The van der Waals surface area contributed by atoms with Crippen molar-refractivity contribution < 1.29 is 14.3 Å². The second kappa shape index (κ2) is 7.88. The molecule has 0 fully saturated rings. The number of amides is 1. The van der Waals surface area contributed by atoms with E-state index < -0.39 is 18.5 Å². The second-order valence-corrected chi connectivity index (χ2v) is 6.04. The van der Waals surface area contributed by atoms with Crippen LogP contribution in [0.25, 0.3) is 0 Å². The number of nitrogens with one attached hydrogen (secondary N) is 1. The van der Waals surface area contributed by atoms with Crippen molar-refractivity contribution in [2.45, 2.75) is 0 Å².